The van der Waals surface area contributed by atoms with Crippen LogP contribution in [0.2, 0.25) is 0 Å². The van der Waals surface area contributed by atoms with Crippen LogP contribution >= 0.6 is 0 Å². The first-order valence-corrected chi connectivity index (χ1v) is 10.1. The molecule has 0 aliphatic carbocycles. The molecule has 0 fully saturated rings. The molecule has 0 saturated carbocycles. The van der Waals surface area contributed by atoms with Gasteiger partial charge in [-0.3, -0.25) is 9.59 Å². The third-order valence-electron chi connectivity index (χ3n) is 4.98. The highest BCUT2D eigenvalue weighted by Crippen LogP contribution is 2.14. The van der Waals surface area contributed by atoms with Crippen molar-refractivity contribution in [2.75, 3.05) is 20.2 Å². The number of ether oxygens (including phenoxy) is 1. The molecule has 0 spiro atoms. The Morgan fingerprint density at radius 2 is 1.66 bits per heavy atom. The van der Waals surface area contributed by atoms with Gasteiger partial charge in [-0.1, -0.05) is 42.5 Å². The first-order chi connectivity index (χ1) is 13.9. The SMILES string of the molecule is COc1cccc(CCN(CCC(=O)N(Cc2ccccc2)C(C)C)C(C)=O)c1. The molecule has 29 heavy (non-hydrogen) atoms. The number of carbonyl (C=O) groups excluding carboxylic acids is 2. The molecule has 0 unspecified atom stereocenters. The predicted molar refractivity (Wildman–Crippen MR) is 116 cm³/mol. The van der Waals surface area contributed by atoms with E-state index >= 15 is 0 Å². The summed E-state index contributed by atoms with van der Waals surface area (Å²) in [7, 11) is 1.64. The van der Waals surface area contributed by atoms with Crippen molar-refractivity contribution < 1.29 is 14.3 Å². The maximum atomic E-state index is 12.8. The highest BCUT2D eigenvalue weighted by molar-refractivity contribution is 5.78. The van der Waals surface area contributed by atoms with Crippen molar-refractivity contribution >= 4 is 11.8 Å². The van der Waals surface area contributed by atoms with Gasteiger partial charge < -0.3 is 14.5 Å². The lowest BCUT2D eigenvalue weighted by Gasteiger charge is -2.28. The summed E-state index contributed by atoms with van der Waals surface area (Å²) in [5, 5.41) is 0. The Morgan fingerprint density at radius 1 is 0.966 bits per heavy atom. The van der Waals surface area contributed by atoms with Gasteiger partial charge in [-0.25, -0.2) is 0 Å². The zero-order chi connectivity index (χ0) is 21.2. The van der Waals surface area contributed by atoms with E-state index in [1.165, 1.54) is 0 Å². The van der Waals surface area contributed by atoms with Gasteiger partial charge in [0.05, 0.1) is 7.11 Å². The van der Waals surface area contributed by atoms with Crippen LogP contribution in [-0.4, -0.2) is 47.9 Å². The number of amides is 2. The Balaban J connectivity index is 1.93. The Hall–Kier alpha value is -2.82. The van der Waals surface area contributed by atoms with Crippen LogP contribution < -0.4 is 4.74 Å². The molecule has 0 aliphatic rings. The number of hydrogen-bond acceptors (Lipinski definition) is 3. The molecule has 2 amide bonds. The van der Waals surface area contributed by atoms with Crippen molar-refractivity contribution in [3.63, 3.8) is 0 Å². The molecule has 0 atom stereocenters. The number of nitrogens with zero attached hydrogens (tertiary/aromatic N) is 2. The van der Waals surface area contributed by atoms with Crippen molar-refractivity contribution in [2.45, 2.75) is 46.2 Å². The molecule has 2 aromatic rings. The molecule has 0 aliphatic heterocycles. The minimum Gasteiger partial charge on any atom is -0.497 e. The van der Waals surface area contributed by atoms with E-state index in [0.717, 1.165) is 23.3 Å². The van der Waals surface area contributed by atoms with Gasteiger partial charge in [-0.2, -0.15) is 0 Å². The van der Waals surface area contributed by atoms with Gasteiger partial charge in [0, 0.05) is 39.0 Å². The predicted octanol–water partition coefficient (Wildman–Crippen LogP) is 3.91. The maximum Gasteiger partial charge on any atom is 0.224 e. The highest BCUT2D eigenvalue weighted by Gasteiger charge is 2.19. The minimum absolute atomic E-state index is 0.0140. The third kappa shape index (κ3) is 7.26. The molecular weight excluding hydrogens is 364 g/mol. The molecule has 5 nitrogen and oxygen atoms in total. The summed E-state index contributed by atoms with van der Waals surface area (Å²) in [5.74, 6) is 0.858. The standard InChI is InChI=1S/C24H32N2O3/c1-19(2)26(18-22-9-6-5-7-10-22)24(28)14-16-25(20(3)27)15-13-21-11-8-12-23(17-21)29-4/h5-12,17,19H,13-16,18H2,1-4H3. The average molecular weight is 397 g/mol. The number of carbonyl (C=O) groups is 2. The maximum absolute atomic E-state index is 12.8. The molecule has 0 aromatic heterocycles. The lowest BCUT2D eigenvalue weighted by Crippen LogP contribution is -2.40. The summed E-state index contributed by atoms with van der Waals surface area (Å²) in [6.45, 7) is 7.19. The van der Waals surface area contributed by atoms with Crippen LogP contribution in [0.25, 0.3) is 0 Å². The first kappa shape index (κ1) is 22.5. The van der Waals surface area contributed by atoms with Gasteiger partial charge in [0.25, 0.3) is 0 Å². The molecular formula is C24H32N2O3. The molecule has 0 bridgehead atoms. The van der Waals surface area contributed by atoms with Crippen molar-refractivity contribution in [3.05, 3.63) is 65.7 Å². The van der Waals surface area contributed by atoms with Crippen molar-refractivity contribution in [1.82, 2.24) is 9.80 Å². The number of rotatable bonds is 10. The van der Waals surface area contributed by atoms with E-state index in [1.807, 2.05) is 73.3 Å². The fourth-order valence-corrected chi connectivity index (χ4v) is 3.23. The van der Waals surface area contributed by atoms with Crippen molar-refractivity contribution in [1.29, 1.82) is 0 Å². The average Bonchev–Trinajstić information content (AvgIpc) is 2.72. The lowest BCUT2D eigenvalue weighted by atomic mass is 10.1. The smallest absolute Gasteiger partial charge is 0.224 e. The van der Waals surface area contributed by atoms with E-state index in [4.69, 9.17) is 4.74 Å². The summed E-state index contributed by atoms with van der Waals surface area (Å²) in [6, 6.07) is 17.9. The van der Waals surface area contributed by atoms with Crippen molar-refractivity contribution in [3.8, 4) is 5.75 Å². The van der Waals surface area contributed by atoms with Gasteiger partial charge in [-0.15, -0.1) is 0 Å². The van der Waals surface area contributed by atoms with E-state index in [1.54, 1.807) is 18.9 Å². The van der Waals surface area contributed by atoms with E-state index in [-0.39, 0.29) is 17.9 Å². The van der Waals surface area contributed by atoms with Crippen LogP contribution in [0.1, 0.15) is 38.3 Å². The van der Waals surface area contributed by atoms with Crippen LogP contribution in [0.15, 0.2) is 54.6 Å². The third-order valence-corrected chi connectivity index (χ3v) is 4.98. The number of methoxy groups -OCH3 is 1. The quantitative estimate of drug-likeness (QED) is 0.612. The monoisotopic (exact) mass is 396 g/mol. The van der Waals surface area contributed by atoms with Crippen LogP contribution in [0.5, 0.6) is 5.75 Å². The molecule has 2 rings (SSSR count). The van der Waals surface area contributed by atoms with Gasteiger partial charge >= 0.3 is 0 Å². The summed E-state index contributed by atoms with van der Waals surface area (Å²) in [5.41, 5.74) is 2.21. The van der Waals surface area contributed by atoms with E-state index in [2.05, 4.69) is 0 Å². The molecule has 0 heterocycles. The van der Waals surface area contributed by atoms with E-state index < -0.39 is 0 Å². The Bertz CT molecular complexity index is 790. The van der Waals surface area contributed by atoms with Gasteiger partial charge in [0.15, 0.2) is 0 Å². The van der Waals surface area contributed by atoms with Gasteiger partial charge in [0.2, 0.25) is 11.8 Å². The van der Waals surface area contributed by atoms with Crippen LogP contribution in [0.4, 0.5) is 0 Å². The highest BCUT2D eigenvalue weighted by atomic mass is 16.5. The molecule has 0 saturated heterocycles. The van der Waals surface area contributed by atoms with Crippen molar-refractivity contribution in [2.24, 2.45) is 0 Å². The number of benzene rings is 2. The normalized spacial score (nSPS) is 10.7. The topological polar surface area (TPSA) is 49.9 Å². The van der Waals surface area contributed by atoms with Crippen LogP contribution in [0.3, 0.4) is 0 Å². The second-order valence-corrected chi connectivity index (χ2v) is 7.46. The Morgan fingerprint density at radius 3 is 2.28 bits per heavy atom. The summed E-state index contributed by atoms with van der Waals surface area (Å²) < 4.78 is 5.25. The zero-order valence-electron chi connectivity index (χ0n) is 17.9. The minimum atomic E-state index is -0.0140. The van der Waals surface area contributed by atoms with Gasteiger partial charge in [-0.05, 0) is 43.5 Å². The Labute approximate surface area is 174 Å². The Kier molecular flexibility index (Phi) is 8.71. The summed E-state index contributed by atoms with van der Waals surface area (Å²) in [4.78, 5) is 28.5. The fraction of sp³-hybridized carbons (Fsp3) is 0.417. The van der Waals surface area contributed by atoms with E-state index in [9.17, 15) is 9.59 Å². The first-order valence-electron chi connectivity index (χ1n) is 10.1. The molecule has 0 N–H and O–H groups in total. The second kappa shape index (κ2) is 11.2. The largest absolute Gasteiger partial charge is 0.497 e. The number of hydrogen-bond donors (Lipinski definition) is 0. The molecule has 0 radical (unpaired) electrons. The summed E-state index contributed by atoms with van der Waals surface area (Å²) in [6.07, 6.45) is 1.05. The second-order valence-electron chi connectivity index (χ2n) is 7.46. The van der Waals surface area contributed by atoms with E-state index in [0.29, 0.717) is 26.1 Å². The van der Waals surface area contributed by atoms with Crippen LogP contribution in [-0.2, 0) is 22.6 Å². The molecule has 5 heteroatoms. The fourth-order valence-electron chi connectivity index (χ4n) is 3.23. The van der Waals surface area contributed by atoms with Gasteiger partial charge in [0.1, 0.15) is 5.75 Å². The zero-order valence-corrected chi connectivity index (χ0v) is 17.9. The summed E-state index contributed by atoms with van der Waals surface area (Å²) >= 11 is 0. The molecule has 2 aromatic carbocycles. The molecule has 156 valence electrons. The lowest BCUT2D eigenvalue weighted by molar-refractivity contribution is -0.135. The van der Waals surface area contributed by atoms with Crippen LogP contribution in [0, 0.1) is 0 Å².